The second-order valence-electron chi connectivity index (χ2n) is 7.07. The molecule has 0 spiro atoms. The van der Waals surface area contributed by atoms with E-state index >= 15 is 0 Å². The number of rotatable bonds is 3. The molecule has 0 aliphatic heterocycles. The van der Waals surface area contributed by atoms with E-state index in [2.05, 4.69) is 53.4 Å². The molecule has 1 aliphatic carbocycles. The predicted molar refractivity (Wildman–Crippen MR) is 83.7 cm³/mol. The molecule has 1 rings (SSSR count). The Morgan fingerprint density at radius 1 is 1.42 bits per heavy atom. The third-order valence-electron chi connectivity index (χ3n) is 4.43. The summed E-state index contributed by atoms with van der Waals surface area (Å²) in [7, 11) is -1.82. The fourth-order valence-corrected chi connectivity index (χ4v) is 3.54. The Morgan fingerprint density at radius 2 is 2.00 bits per heavy atom. The summed E-state index contributed by atoms with van der Waals surface area (Å²) < 4.78 is 20.4. The molecule has 1 saturated carbocycles. The zero-order valence-electron chi connectivity index (χ0n) is 13.3. The molecule has 3 heteroatoms. The van der Waals surface area contributed by atoms with Crippen molar-refractivity contribution in [1.82, 2.24) is 0 Å². The van der Waals surface area contributed by atoms with E-state index in [9.17, 15) is 4.39 Å². The monoisotopic (exact) mass is 284 g/mol. The van der Waals surface area contributed by atoms with Crippen molar-refractivity contribution in [3.05, 3.63) is 23.8 Å². The van der Waals surface area contributed by atoms with Crippen LogP contribution in [0.2, 0.25) is 18.1 Å². The highest BCUT2D eigenvalue weighted by atomic mass is 28.4. The fraction of sp³-hybridized carbons (Fsp3) is 0.750. The molecule has 0 amide bonds. The molecule has 0 heterocycles. The molecule has 0 aromatic rings. The first-order chi connectivity index (χ1) is 8.58. The quantitative estimate of drug-likeness (QED) is 0.630. The largest absolute Gasteiger partial charge is 0.413 e. The summed E-state index contributed by atoms with van der Waals surface area (Å²) in [5.41, 5.74) is 1.72. The Balaban J connectivity index is 2.81. The number of hydrogen-bond acceptors (Lipinski definition) is 1. The van der Waals surface area contributed by atoms with Gasteiger partial charge in [-0.25, -0.2) is 4.39 Å². The fourth-order valence-electron chi connectivity index (χ4n) is 2.18. The number of hydrogen-bond donors (Lipinski definition) is 0. The number of allylic oxidation sites excluding steroid dienone is 2. The van der Waals surface area contributed by atoms with Gasteiger partial charge in [-0.05, 0) is 42.1 Å². The number of alkyl halides is 1. The van der Waals surface area contributed by atoms with Crippen molar-refractivity contribution in [3.63, 3.8) is 0 Å². The third kappa shape index (κ3) is 4.02. The molecule has 1 fully saturated rings. The van der Waals surface area contributed by atoms with Crippen LogP contribution in [0, 0.1) is 0 Å². The Labute approximate surface area is 119 Å². The molecule has 0 radical (unpaired) electrons. The van der Waals surface area contributed by atoms with Crippen molar-refractivity contribution >= 4 is 8.32 Å². The van der Waals surface area contributed by atoms with Crippen LogP contribution in [0.3, 0.4) is 0 Å². The van der Waals surface area contributed by atoms with E-state index in [1.807, 2.05) is 0 Å². The summed E-state index contributed by atoms with van der Waals surface area (Å²) in [6, 6.07) is 0. The molecular weight excluding hydrogens is 255 g/mol. The molecule has 0 aromatic carbocycles. The van der Waals surface area contributed by atoms with Crippen LogP contribution in [0.15, 0.2) is 23.8 Å². The molecule has 0 aromatic heterocycles. The van der Waals surface area contributed by atoms with Crippen LogP contribution in [0.25, 0.3) is 0 Å². The van der Waals surface area contributed by atoms with Crippen molar-refractivity contribution in [2.45, 2.75) is 77.4 Å². The Morgan fingerprint density at radius 3 is 2.47 bits per heavy atom. The van der Waals surface area contributed by atoms with Gasteiger partial charge in [0.1, 0.15) is 6.17 Å². The van der Waals surface area contributed by atoms with Gasteiger partial charge in [0.15, 0.2) is 8.32 Å². The van der Waals surface area contributed by atoms with E-state index < -0.39 is 14.5 Å². The molecule has 1 nitrogen and oxygen atoms in total. The lowest BCUT2D eigenvalue weighted by atomic mass is 9.87. The smallest absolute Gasteiger partial charge is 0.192 e. The van der Waals surface area contributed by atoms with Gasteiger partial charge in [-0.1, -0.05) is 40.3 Å². The molecular formula is C16H29FOSi. The first kappa shape index (κ1) is 16.6. The zero-order valence-corrected chi connectivity index (χ0v) is 14.3. The molecule has 1 aliphatic rings. The van der Waals surface area contributed by atoms with Gasteiger partial charge in [0.05, 0.1) is 6.10 Å². The molecule has 1 unspecified atom stereocenters. The van der Waals surface area contributed by atoms with Gasteiger partial charge in [0, 0.05) is 6.42 Å². The predicted octanol–water partition coefficient (Wildman–Crippen LogP) is 5.40. The van der Waals surface area contributed by atoms with Crippen LogP contribution in [0.5, 0.6) is 0 Å². The molecule has 2 atom stereocenters. The summed E-state index contributed by atoms with van der Waals surface area (Å²) >= 11 is 0. The van der Waals surface area contributed by atoms with E-state index in [-0.39, 0.29) is 11.1 Å². The maximum absolute atomic E-state index is 14.1. The lowest BCUT2D eigenvalue weighted by Crippen LogP contribution is -2.45. The average molecular weight is 284 g/mol. The van der Waals surface area contributed by atoms with Gasteiger partial charge in [-0.15, -0.1) is 0 Å². The molecule has 0 saturated heterocycles. The second kappa shape index (κ2) is 5.92. The van der Waals surface area contributed by atoms with Gasteiger partial charge in [0.2, 0.25) is 0 Å². The summed E-state index contributed by atoms with van der Waals surface area (Å²) in [6.45, 7) is 17.1. The molecule has 0 N–H and O–H groups in total. The minimum Gasteiger partial charge on any atom is -0.413 e. The Kier molecular flexibility index (Phi) is 5.19. The maximum Gasteiger partial charge on any atom is 0.192 e. The van der Waals surface area contributed by atoms with Gasteiger partial charge in [-0.3, -0.25) is 0 Å². The summed E-state index contributed by atoms with van der Waals surface area (Å²) in [5.74, 6) is 0. The highest BCUT2D eigenvalue weighted by Gasteiger charge is 2.41. The highest BCUT2D eigenvalue weighted by molar-refractivity contribution is 6.74. The van der Waals surface area contributed by atoms with Gasteiger partial charge in [-0.2, -0.15) is 0 Å². The SMILES string of the molecule is C=C1/C(=C\CC)CC(O[Si](C)(C)C(C)(C)C)C[C@@H]1F. The second-order valence-corrected chi connectivity index (χ2v) is 11.8. The van der Waals surface area contributed by atoms with Crippen LogP contribution in [0.1, 0.15) is 47.0 Å². The van der Waals surface area contributed by atoms with E-state index in [0.717, 1.165) is 18.4 Å². The van der Waals surface area contributed by atoms with E-state index in [0.29, 0.717) is 12.0 Å². The normalized spacial score (nSPS) is 27.9. The standard InChI is InChI=1S/C16H29FOSi/c1-8-9-13-10-14(11-15(17)12(13)2)18-19(6,7)16(3,4)5/h9,14-15H,2,8,10-11H2,1,3-7H3/b13-9-/t14?,15-/m0/s1. The van der Waals surface area contributed by atoms with Gasteiger partial charge >= 0.3 is 0 Å². The lowest BCUT2D eigenvalue weighted by Gasteiger charge is -2.41. The van der Waals surface area contributed by atoms with Crippen LogP contribution in [0.4, 0.5) is 4.39 Å². The van der Waals surface area contributed by atoms with Crippen molar-refractivity contribution < 1.29 is 8.82 Å². The summed E-state index contributed by atoms with van der Waals surface area (Å²) in [5, 5.41) is 0.169. The first-order valence-electron chi connectivity index (χ1n) is 7.28. The number of halogens is 1. The third-order valence-corrected chi connectivity index (χ3v) is 8.96. The van der Waals surface area contributed by atoms with E-state index in [1.165, 1.54) is 0 Å². The Hall–Kier alpha value is -0.413. The van der Waals surface area contributed by atoms with E-state index in [4.69, 9.17) is 4.43 Å². The topological polar surface area (TPSA) is 9.23 Å². The molecule has 110 valence electrons. The van der Waals surface area contributed by atoms with Crippen LogP contribution in [-0.4, -0.2) is 20.6 Å². The summed E-state index contributed by atoms with van der Waals surface area (Å²) in [6.07, 6.45) is 3.37. The zero-order chi connectivity index (χ0) is 14.8. The van der Waals surface area contributed by atoms with Crippen LogP contribution >= 0.6 is 0 Å². The van der Waals surface area contributed by atoms with Gasteiger partial charge in [0.25, 0.3) is 0 Å². The first-order valence-corrected chi connectivity index (χ1v) is 10.2. The van der Waals surface area contributed by atoms with Gasteiger partial charge < -0.3 is 4.43 Å². The minimum absolute atomic E-state index is 0.0131. The van der Waals surface area contributed by atoms with Crippen LogP contribution in [-0.2, 0) is 4.43 Å². The molecule has 0 bridgehead atoms. The van der Waals surface area contributed by atoms with Crippen molar-refractivity contribution in [2.75, 3.05) is 0 Å². The van der Waals surface area contributed by atoms with E-state index in [1.54, 1.807) is 0 Å². The van der Waals surface area contributed by atoms with Crippen molar-refractivity contribution in [1.29, 1.82) is 0 Å². The lowest BCUT2D eigenvalue weighted by molar-refractivity contribution is 0.131. The van der Waals surface area contributed by atoms with Crippen molar-refractivity contribution in [3.8, 4) is 0 Å². The average Bonchev–Trinajstić information content (AvgIpc) is 2.23. The van der Waals surface area contributed by atoms with Crippen LogP contribution < -0.4 is 0 Å². The molecule has 19 heavy (non-hydrogen) atoms. The summed E-state index contributed by atoms with van der Waals surface area (Å²) in [4.78, 5) is 0. The van der Waals surface area contributed by atoms with Crippen molar-refractivity contribution in [2.24, 2.45) is 0 Å². The Bertz CT molecular complexity index is 365. The highest BCUT2D eigenvalue weighted by Crippen LogP contribution is 2.41. The minimum atomic E-state index is -1.82. The maximum atomic E-state index is 14.1.